The summed E-state index contributed by atoms with van der Waals surface area (Å²) in [6.45, 7) is 3.42. The van der Waals surface area contributed by atoms with Gasteiger partial charge in [0.05, 0.1) is 25.5 Å². The summed E-state index contributed by atoms with van der Waals surface area (Å²) in [6.07, 6.45) is 2.21. The number of nitrogens with zero attached hydrogens (tertiary/aromatic N) is 3. The SMILES string of the molecule is COc1ccc(-c2nnc(SCC(=O)Nc3ccccc3C)n2C[C@H]2CCCO2)cc1. The molecule has 0 bridgehead atoms. The maximum Gasteiger partial charge on any atom is 0.234 e. The highest BCUT2D eigenvalue weighted by Crippen LogP contribution is 2.28. The zero-order valence-electron chi connectivity index (χ0n) is 17.7. The molecular weight excluding hydrogens is 412 g/mol. The number of benzene rings is 2. The van der Waals surface area contributed by atoms with E-state index in [9.17, 15) is 4.79 Å². The lowest BCUT2D eigenvalue weighted by Crippen LogP contribution is -2.18. The summed E-state index contributed by atoms with van der Waals surface area (Å²) in [4.78, 5) is 12.5. The van der Waals surface area contributed by atoms with Crippen LogP contribution in [0.2, 0.25) is 0 Å². The number of nitrogens with one attached hydrogen (secondary N) is 1. The molecule has 1 aliphatic rings. The summed E-state index contributed by atoms with van der Waals surface area (Å²) in [6, 6.07) is 15.5. The lowest BCUT2D eigenvalue weighted by molar-refractivity contribution is -0.113. The van der Waals surface area contributed by atoms with E-state index >= 15 is 0 Å². The van der Waals surface area contributed by atoms with Crippen LogP contribution < -0.4 is 10.1 Å². The Morgan fingerprint density at radius 1 is 1.23 bits per heavy atom. The van der Waals surface area contributed by atoms with Crippen molar-refractivity contribution in [2.45, 2.75) is 37.6 Å². The van der Waals surface area contributed by atoms with E-state index in [1.54, 1.807) is 7.11 Å². The number of rotatable bonds is 8. The molecule has 31 heavy (non-hydrogen) atoms. The molecule has 162 valence electrons. The Kier molecular flexibility index (Phi) is 6.89. The zero-order valence-corrected chi connectivity index (χ0v) is 18.5. The van der Waals surface area contributed by atoms with Crippen LogP contribution in [0, 0.1) is 6.92 Å². The van der Waals surface area contributed by atoms with E-state index in [1.807, 2.05) is 55.5 Å². The van der Waals surface area contributed by atoms with Crippen LogP contribution in [0.1, 0.15) is 18.4 Å². The number of ether oxygens (including phenoxy) is 2. The van der Waals surface area contributed by atoms with Crippen molar-refractivity contribution in [2.75, 3.05) is 24.8 Å². The highest BCUT2D eigenvalue weighted by Gasteiger charge is 2.22. The van der Waals surface area contributed by atoms with Crippen molar-refractivity contribution in [1.82, 2.24) is 14.8 Å². The average Bonchev–Trinajstić information content (AvgIpc) is 3.44. The van der Waals surface area contributed by atoms with Crippen LogP contribution in [0.25, 0.3) is 11.4 Å². The van der Waals surface area contributed by atoms with Crippen molar-refractivity contribution < 1.29 is 14.3 Å². The van der Waals surface area contributed by atoms with Crippen LogP contribution in [0.5, 0.6) is 5.75 Å². The summed E-state index contributed by atoms with van der Waals surface area (Å²) in [7, 11) is 1.64. The summed E-state index contributed by atoms with van der Waals surface area (Å²) in [5.74, 6) is 1.73. The van der Waals surface area contributed by atoms with E-state index in [4.69, 9.17) is 9.47 Å². The van der Waals surface area contributed by atoms with Crippen molar-refractivity contribution in [3.8, 4) is 17.1 Å². The minimum absolute atomic E-state index is 0.0723. The van der Waals surface area contributed by atoms with Gasteiger partial charge in [0, 0.05) is 17.9 Å². The Morgan fingerprint density at radius 2 is 2.03 bits per heavy atom. The molecule has 0 radical (unpaired) electrons. The zero-order chi connectivity index (χ0) is 21.6. The van der Waals surface area contributed by atoms with Gasteiger partial charge in [0.2, 0.25) is 5.91 Å². The van der Waals surface area contributed by atoms with Crippen molar-refractivity contribution in [3.05, 3.63) is 54.1 Å². The maximum atomic E-state index is 12.5. The minimum Gasteiger partial charge on any atom is -0.497 e. The van der Waals surface area contributed by atoms with Gasteiger partial charge < -0.3 is 14.8 Å². The second-order valence-electron chi connectivity index (χ2n) is 7.43. The second kappa shape index (κ2) is 9.98. The Labute approximate surface area is 186 Å². The van der Waals surface area contributed by atoms with Gasteiger partial charge >= 0.3 is 0 Å². The van der Waals surface area contributed by atoms with Gasteiger partial charge in [-0.2, -0.15) is 0 Å². The number of anilines is 1. The summed E-state index contributed by atoms with van der Waals surface area (Å²) >= 11 is 1.38. The van der Waals surface area contributed by atoms with E-state index in [0.29, 0.717) is 11.7 Å². The lowest BCUT2D eigenvalue weighted by Gasteiger charge is -2.15. The maximum absolute atomic E-state index is 12.5. The third kappa shape index (κ3) is 5.26. The number of para-hydroxylation sites is 1. The molecule has 1 saturated heterocycles. The molecular formula is C23H26N4O3S. The number of carbonyl (C=O) groups is 1. The highest BCUT2D eigenvalue weighted by molar-refractivity contribution is 7.99. The van der Waals surface area contributed by atoms with Gasteiger partial charge in [-0.3, -0.25) is 9.36 Å². The lowest BCUT2D eigenvalue weighted by atomic mass is 10.2. The molecule has 1 aromatic heterocycles. The normalized spacial score (nSPS) is 15.7. The first-order chi connectivity index (χ1) is 15.1. The quantitative estimate of drug-likeness (QED) is 0.532. The predicted octanol–water partition coefficient (Wildman–Crippen LogP) is 4.17. The fourth-order valence-electron chi connectivity index (χ4n) is 3.54. The number of aryl methyl sites for hydroxylation is 1. The van der Waals surface area contributed by atoms with Gasteiger partial charge in [-0.25, -0.2) is 0 Å². The molecule has 1 fully saturated rings. The predicted molar refractivity (Wildman–Crippen MR) is 122 cm³/mol. The van der Waals surface area contributed by atoms with Crippen LogP contribution in [0.4, 0.5) is 5.69 Å². The van der Waals surface area contributed by atoms with Gasteiger partial charge in [-0.05, 0) is 55.7 Å². The molecule has 3 aromatic rings. The van der Waals surface area contributed by atoms with Crippen molar-refractivity contribution in [1.29, 1.82) is 0 Å². The van der Waals surface area contributed by atoms with Crippen molar-refractivity contribution in [2.24, 2.45) is 0 Å². The highest BCUT2D eigenvalue weighted by atomic mass is 32.2. The van der Waals surface area contributed by atoms with Gasteiger partial charge in [0.25, 0.3) is 0 Å². The molecule has 4 rings (SSSR count). The van der Waals surface area contributed by atoms with E-state index in [-0.39, 0.29) is 17.8 Å². The Hall–Kier alpha value is -2.84. The fraction of sp³-hybridized carbons (Fsp3) is 0.348. The molecule has 0 saturated carbocycles. The summed E-state index contributed by atoms with van der Waals surface area (Å²) in [5.41, 5.74) is 2.81. The summed E-state index contributed by atoms with van der Waals surface area (Å²) in [5, 5.41) is 12.5. The van der Waals surface area contributed by atoms with Crippen LogP contribution in [-0.2, 0) is 16.1 Å². The Morgan fingerprint density at radius 3 is 2.74 bits per heavy atom. The Balaban J connectivity index is 1.51. The van der Waals surface area contributed by atoms with E-state index in [1.165, 1.54) is 11.8 Å². The largest absolute Gasteiger partial charge is 0.497 e. The molecule has 0 aliphatic carbocycles. The first kappa shape index (κ1) is 21.4. The molecule has 1 amide bonds. The van der Waals surface area contributed by atoms with Gasteiger partial charge in [0.1, 0.15) is 5.75 Å². The van der Waals surface area contributed by atoms with Crippen molar-refractivity contribution in [3.63, 3.8) is 0 Å². The first-order valence-electron chi connectivity index (χ1n) is 10.3. The van der Waals surface area contributed by atoms with Gasteiger partial charge in [-0.1, -0.05) is 30.0 Å². The number of hydrogen-bond acceptors (Lipinski definition) is 6. The second-order valence-corrected chi connectivity index (χ2v) is 8.37. The third-order valence-corrected chi connectivity index (χ3v) is 6.19. The van der Waals surface area contributed by atoms with Crippen LogP contribution in [-0.4, -0.2) is 46.2 Å². The molecule has 2 aromatic carbocycles. The molecule has 1 N–H and O–H groups in total. The van der Waals surface area contributed by atoms with Gasteiger partial charge in [-0.15, -0.1) is 10.2 Å². The first-order valence-corrected chi connectivity index (χ1v) is 11.3. The number of aromatic nitrogens is 3. The summed E-state index contributed by atoms with van der Waals surface area (Å²) < 4.78 is 13.2. The number of amides is 1. The molecule has 1 atom stereocenters. The van der Waals surface area contributed by atoms with E-state index in [2.05, 4.69) is 20.1 Å². The van der Waals surface area contributed by atoms with E-state index < -0.39 is 0 Å². The Bertz CT molecular complexity index is 1030. The van der Waals surface area contributed by atoms with Crippen LogP contribution in [0.3, 0.4) is 0 Å². The molecule has 1 aliphatic heterocycles. The number of methoxy groups -OCH3 is 1. The van der Waals surface area contributed by atoms with E-state index in [0.717, 1.165) is 47.8 Å². The van der Waals surface area contributed by atoms with Crippen LogP contribution >= 0.6 is 11.8 Å². The molecule has 0 spiro atoms. The number of carbonyl (C=O) groups excluding carboxylic acids is 1. The van der Waals surface area contributed by atoms with Gasteiger partial charge in [0.15, 0.2) is 11.0 Å². The minimum atomic E-state index is -0.0723. The molecule has 0 unspecified atom stereocenters. The number of thioether (sulfide) groups is 1. The van der Waals surface area contributed by atoms with Crippen LogP contribution in [0.15, 0.2) is 53.7 Å². The smallest absolute Gasteiger partial charge is 0.234 e. The fourth-order valence-corrected chi connectivity index (χ4v) is 4.28. The average molecular weight is 439 g/mol. The third-order valence-electron chi connectivity index (χ3n) is 5.23. The monoisotopic (exact) mass is 438 g/mol. The molecule has 8 heteroatoms. The molecule has 7 nitrogen and oxygen atoms in total. The van der Waals surface area contributed by atoms with Crippen molar-refractivity contribution >= 4 is 23.4 Å². The standard InChI is InChI=1S/C23H26N4O3S/c1-16-6-3-4-8-20(16)24-21(28)15-31-23-26-25-22(17-9-11-18(29-2)12-10-17)27(23)14-19-7-5-13-30-19/h3-4,6,8-12,19H,5,7,13-15H2,1-2H3,(H,24,28)/t19-/m1/s1. The topological polar surface area (TPSA) is 78.3 Å². The molecule has 2 heterocycles. The number of hydrogen-bond donors (Lipinski definition) is 1.